The maximum atomic E-state index is 12.7. The Morgan fingerprint density at radius 1 is 1.10 bits per heavy atom. The van der Waals surface area contributed by atoms with Crippen LogP contribution in [-0.2, 0) is 11.8 Å². The molecular formula is C23H25N5OS. The molecular weight excluding hydrogens is 394 g/mol. The molecule has 0 aliphatic carbocycles. The van der Waals surface area contributed by atoms with Crippen molar-refractivity contribution in [1.29, 1.82) is 0 Å². The molecule has 0 unspecified atom stereocenters. The van der Waals surface area contributed by atoms with E-state index in [0.29, 0.717) is 5.56 Å². The Kier molecular flexibility index (Phi) is 5.39. The van der Waals surface area contributed by atoms with Crippen LogP contribution in [0.25, 0.3) is 15.5 Å². The molecule has 0 fully saturated rings. The summed E-state index contributed by atoms with van der Waals surface area (Å²) in [5.74, 6) is 0.745. The quantitative estimate of drug-likeness (QED) is 0.473. The van der Waals surface area contributed by atoms with E-state index in [-0.39, 0.29) is 11.3 Å². The number of aryl methyl sites for hydroxylation is 1. The third-order valence-electron chi connectivity index (χ3n) is 4.91. The van der Waals surface area contributed by atoms with Gasteiger partial charge in [-0.25, -0.2) is 0 Å². The van der Waals surface area contributed by atoms with Gasteiger partial charge in [0.25, 0.3) is 5.91 Å². The molecule has 0 saturated heterocycles. The molecule has 0 aliphatic heterocycles. The van der Waals surface area contributed by atoms with E-state index in [1.807, 2.05) is 53.0 Å². The Hall–Kier alpha value is -3.06. The third kappa shape index (κ3) is 4.11. The monoisotopic (exact) mass is 419 g/mol. The Balaban J connectivity index is 1.54. The van der Waals surface area contributed by atoms with Crippen LogP contribution in [0, 0.1) is 0 Å². The second-order valence-electron chi connectivity index (χ2n) is 8.33. The standard InChI is InChI=1S/C23H25N5OS/c1-5-7-19-25-26-22-28(19)27-21(30-22)16-8-6-9-18(14-16)24-20(29)15-10-12-17(13-11-15)23(2,3)4/h6,8-14H,5,7H2,1-4H3,(H,24,29). The summed E-state index contributed by atoms with van der Waals surface area (Å²) in [5.41, 5.74) is 3.57. The first-order valence-electron chi connectivity index (χ1n) is 10.1. The Labute approximate surface area is 180 Å². The lowest BCUT2D eigenvalue weighted by Gasteiger charge is -2.19. The van der Waals surface area contributed by atoms with E-state index in [1.165, 1.54) is 16.9 Å². The van der Waals surface area contributed by atoms with Crippen LogP contribution in [0.15, 0.2) is 48.5 Å². The number of nitrogens with zero attached hydrogens (tertiary/aromatic N) is 4. The summed E-state index contributed by atoms with van der Waals surface area (Å²) in [6.45, 7) is 8.58. The zero-order chi connectivity index (χ0) is 21.3. The first-order chi connectivity index (χ1) is 14.3. The summed E-state index contributed by atoms with van der Waals surface area (Å²) in [4.78, 5) is 13.5. The van der Waals surface area contributed by atoms with Crippen LogP contribution in [0.4, 0.5) is 5.69 Å². The molecule has 0 spiro atoms. The highest BCUT2D eigenvalue weighted by atomic mass is 32.1. The molecule has 154 valence electrons. The normalized spacial score (nSPS) is 11.7. The van der Waals surface area contributed by atoms with Gasteiger partial charge in [0.1, 0.15) is 5.01 Å². The van der Waals surface area contributed by atoms with Gasteiger partial charge in [0, 0.05) is 23.2 Å². The van der Waals surface area contributed by atoms with E-state index in [0.717, 1.165) is 39.9 Å². The SMILES string of the molecule is CCCc1nnc2sc(-c3cccc(NC(=O)c4ccc(C(C)(C)C)cc4)c3)nn12. The van der Waals surface area contributed by atoms with Gasteiger partial charge in [0.2, 0.25) is 4.96 Å². The molecule has 1 N–H and O–H groups in total. The Morgan fingerprint density at radius 2 is 1.87 bits per heavy atom. The van der Waals surface area contributed by atoms with Crippen LogP contribution in [0.2, 0.25) is 0 Å². The lowest BCUT2D eigenvalue weighted by molar-refractivity contribution is 0.102. The van der Waals surface area contributed by atoms with Gasteiger partial charge in [0.15, 0.2) is 5.82 Å². The van der Waals surface area contributed by atoms with E-state index in [1.54, 1.807) is 0 Å². The molecule has 1 amide bonds. The minimum absolute atomic E-state index is 0.0589. The highest BCUT2D eigenvalue weighted by Crippen LogP contribution is 2.28. The maximum absolute atomic E-state index is 12.7. The molecule has 4 aromatic rings. The van der Waals surface area contributed by atoms with E-state index >= 15 is 0 Å². The molecule has 2 aromatic heterocycles. The van der Waals surface area contributed by atoms with Gasteiger partial charge in [0.05, 0.1) is 0 Å². The van der Waals surface area contributed by atoms with Crippen molar-refractivity contribution in [3.63, 3.8) is 0 Å². The molecule has 0 saturated carbocycles. The van der Waals surface area contributed by atoms with Crippen molar-refractivity contribution in [2.45, 2.75) is 46.0 Å². The molecule has 0 atom stereocenters. The fourth-order valence-electron chi connectivity index (χ4n) is 3.21. The molecule has 2 heterocycles. The fraction of sp³-hybridized carbons (Fsp3) is 0.304. The van der Waals surface area contributed by atoms with Crippen LogP contribution in [-0.4, -0.2) is 25.7 Å². The smallest absolute Gasteiger partial charge is 0.255 e. The molecule has 30 heavy (non-hydrogen) atoms. The van der Waals surface area contributed by atoms with E-state index in [2.05, 4.69) is 48.3 Å². The van der Waals surface area contributed by atoms with Crippen LogP contribution < -0.4 is 5.32 Å². The number of carbonyl (C=O) groups excluding carboxylic acids is 1. The Morgan fingerprint density at radius 3 is 2.57 bits per heavy atom. The summed E-state index contributed by atoms with van der Waals surface area (Å²) >= 11 is 1.49. The average Bonchev–Trinajstić information content (AvgIpc) is 3.30. The van der Waals surface area contributed by atoms with Gasteiger partial charge in [-0.05, 0) is 41.7 Å². The molecule has 2 aromatic carbocycles. The predicted molar refractivity (Wildman–Crippen MR) is 121 cm³/mol. The number of aromatic nitrogens is 4. The number of fused-ring (bicyclic) bond motifs is 1. The molecule has 0 bridgehead atoms. The van der Waals surface area contributed by atoms with Gasteiger partial charge in [-0.3, -0.25) is 4.79 Å². The van der Waals surface area contributed by atoms with Crippen molar-refractivity contribution >= 4 is 27.9 Å². The maximum Gasteiger partial charge on any atom is 0.255 e. The minimum Gasteiger partial charge on any atom is -0.322 e. The Bertz CT molecular complexity index is 1180. The topological polar surface area (TPSA) is 72.2 Å². The largest absolute Gasteiger partial charge is 0.322 e. The molecule has 6 nitrogen and oxygen atoms in total. The van der Waals surface area contributed by atoms with E-state index in [4.69, 9.17) is 0 Å². The lowest BCUT2D eigenvalue weighted by atomic mass is 9.87. The molecule has 0 radical (unpaired) electrons. The van der Waals surface area contributed by atoms with E-state index < -0.39 is 0 Å². The predicted octanol–water partition coefficient (Wildman–Crippen LogP) is 5.36. The summed E-state index contributed by atoms with van der Waals surface area (Å²) < 4.78 is 1.81. The van der Waals surface area contributed by atoms with Gasteiger partial charge in [-0.15, -0.1) is 10.2 Å². The number of nitrogens with one attached hydrogen (secondary N) is 1. The van der Waals surface area contributed by atoms with Crippen LogP contribution in [0.5, 0.6) is 0 Å². The third-order valence-corrected chi connectivity index (χ3v) is 5.86. The van der Waals surface area contributed by atoms with Crippen molar-refractivity contribution in [3.8, 4) is 10.6 Å². The number of rotatable bonds is 5. The number of anilines is 1. The molecule has 4 rings (SSSR count). The molecule has 0 aliphatic rings. The zero-order valence-electron chi connectivity index (χ0n) is 17.6. The van der Waals surface area contributed by atoms with Crippen LogP contribution in [0.1, 0.15) is 55.9 Å². The van der Waals surface area contributed by atoms with Crippen molar-refractivity contribution in [3.05, 3.63) is 65.5 Å². The minimum atomic E-state index is -0.129. The van der Waals surface area contributed by atoms with Crippen molar-refractivity contribution in [1.82, 2.24) is 19.8 Å². The highest BCUT2D eigenvalue weighted by molar-refractivity contribution is 7.19. The number of amides is 1. The van der Waals surface area contributed by atoms with E-state index in [9.17, 15) is 4.79 Å². The summed E-state index contributed by atoms with van der Waals surface area (Å²) in [6, 6.07) is 15.5. The average molecular weight is 420 g/mol. The number of carbonyl (C=O) groups is 1. The number of hydrogen-bond acceptors (Lipinski definition) is 5. The molecule has 7 heteroatoms. The van der Waals surface area contributed by atoms with Crippen molar-refractivity contribution < 1.29 is 4.79 Å². The summed E-state index contributed by atoms with van der Waals surface area (Å²) in [5, 5.41) is 16.9. The summed E-state index contributed by atoms with van der Waals surface area (Å²) in [6.07, 6.45) is 1.83. The lowest BCUT2D eigenvalue weighted by Crippen LogP contribution is -2.14. The van der Waals surface area contributed by atoms with Gasteiger partial charge >= 0.3 is 0 Å². The highest BCUT2D eigenvalue weighted by Gasteiger charge is 2.15. The number of hydrogen-bond donors (Lipinski definition) is 1. The van der Waals surface area contributed by atoms with Crippen LogP contribution in [0.3, 0.4) is 0 Å². The van der Waals surface area contributed by atoms with Crippen molar-refractivity contribution in [2.24, 2.45) is 0 Å². The fourth-order valence-corrected chi connectivity index (χ4v) is 4.06. The van der Waals surface area contributed by atoms with Gasteiger partial charge in [-0.2, -0.15) is 9.61 Å². The summed E-state index contributed by atoms with van der Waals surface area (Å²) in [7, 11) is 0. The second kappa shape index (κ2) is 7.99. The first-order valence-corrected chi connectivity index (χ1v) is 10.9. The van der Waals surface area contributed by atoms with Crippen LogP contribution >= 0.6 is 11.3 Å². The first kappa shape index (κ1) is 20.2. The number of benzene rings is 2. The zero-order valence-corrected chi connectivity index (χ0v) is 18.5. The second-order valence-corrected chi connectivity index (χ2v) is 9.29. The van der Waals surface area contributed by atoms with Gasteiger partial charge in [-0.1, -0.05) is 63.3 Å². The van der Waals surface area contributed by atoms with Gasteiger partial charge < -0.3 is 5.32 Å². The van der Waals surface area contributed by atoms with Crippen molar-refractivity contribution in [2.75, 3.05) is 5.32 Å².